The molecule has 0 radical (unpaired) electrons. The molecule has 0 aromatic carbocycles. The first kappa shape index (κ1) is 12.4. The van der Waals surface area contributed by atoms with Gasteiger partial charge in [-0.3, -0.25) is 14.5 Å². The zero-order valence-electron chi connectivity index (χ0n) is 9.93. The van der Waals surface area contributed by atoms with E-state index in [-0.39, 0.29) is 18.4 Å². The predicted molar refractivity (Wildman–Crippen MR) is 65.2 cm³/mol. The fourth-order valence-electron chi connectivity index (χ4n) is 2.09. The van der Waals surface area contributed by atoms with Gasteiger partial charge in [0.05, 0.1) is 4.99 Å². The van der Waals surface area contributed by atoms with Gasteiger partial charge >= 0.3 is 0 Å². The molecule has 0 aromatic heterocycles. The average Bonchev–Trinajstić information content (AvgIpc) is 2.68. The molecule has 2 aliphatic rings. The fraction of sp³-hybridized carbons (Fsp3) is 0.727. The normalized spacial score (nSPS) is 28.7. The van der Waals surface area contributed by atoms with E-state index in [0.29, 0.717) is 17.8 Å². The number of morpholine rings is 1. The van der Waals surface area contributed by atoms with Crippen LogP contribution >= 0.6 is 12.2 Å². The third-order valence-electron chi connectivity index (χ3n) is 3.32. The summed E-state index contributed by atoms with van der Waals surface area (Å²) >= 11 is 4.95. The summed E-state index contributed by atoms with van der Waals surface area (Å²) in [5.74, 6) is -0.513. The van der Waals surface area contributed by atoms with Crippen molar-refractivity contribution in [1.82, 2.24) is 4.90 Å². The summed E-state index contributed by atoms with van der Waals surface area (Å²) in [4.78, 5) is 25.5. The van der Waals surface area contributed by atoms with Crippen molar-refractivity contribution in [2.45, 2.75) is 38.9 Å². The molecule has 2 saturated heterocycles. The Morgan fingerprint density at radius 2 is 1.88 bits per heavy atom. The van der Waals surface area contributed by atoms with Crippen LogP contribution in [0.3, 0.4) is 0 Å². The maximum atomic E-state index is 12.0. The number of carbonyl (C=O) groups excluding carboxylic acids is 2. The summed E-state index contributed by atoms with van der Waals surface area (Å²) in [6, 6.07) is 0. The van der Waals surface area contributed by atoms with Gasteiger partial charge < -0.3 is 10.5 Å². The number of nitrogens with zero attached hydrogens (tertiary/aromatic N) is 1. The molecule has 2 amide bonds. The summed E-state index contributed by atoms with van der Waals surface area (Å²) in [5.41, 5.74) is 5.07. The molecule has 2 rings (SSSR count). The molecule has 17 heavy (non-hydrogen) atoms. The van der Waals surface area contributed by atoms with Crippen molar-refractivity contribution in [3.05, 3.63) is 0 Å². The highest BCUT2D eigenvalue weighted by molar-refractivity contribution is 7.80. The summed E-state index contributed by atoms with van der Waals surface area (Å²) < 4.78 is 5.32. The molecular formula is C11H16N2O3S. The van der Waals surface area contributed by atoms with Crippen LogP contribution in [0.5, 0.6) is 0 Å². The first-order chi connectivity index (χ1) is 7.83. The van der Waals surface area contributed by atoms with Crippen molar-refractivity contribution < 1.29 is 14.3 Å². The smallest absolute Gasteiger partial charge is 0.258 e. The minimum atomic E-state index is -0.544. The Balaban J connectivity index is 2.18. The SMILES string of the molecule is CC(C)(CN1C(=O)C2CCC(O2)C1=O)C(N)=S. The van der Waals surface area contributed by atoms with E-state index in [4.69, 9.17) is 22.7 Å². The second kappa shape index (κ2) is 4.03. The molecule has 2 N–H and O–H groups in total. The van der Waals surface area contributed by atoms with Gasteiger partial charge in [-0.15, -0.1) is 0 Å². The molecule has 6 heteroatoms. The fourth-order valence-corrected chi connectivity index (χ4v) is 2.15. The van der Waals surface area contributed by atoms with Crippen LogP contribution in [0.25, 0.3) is 0 Å². The van der Waals surface area contributed by atoms with Crippen molar-refractivity contribution in [3.63, 3.8) is 0 Å². The number of likely N-dealkylation sites (tertiary alicyclic amines) is 1. The topological polar surface area (TPSA) is 72.6 Å². The van der Waals surface area contributed by atoms with Crippen molar-refractivity contribution in [1.29, 1.82) is 0 Å². The van der Waals surface area contributed by atoms with Crippen LogP contribution < -0.4 is 5.73 Å². The predicted octanol–water partition coefficient (Wildman–Crippen LogP) is 0.215. The van der Waals surface area contributed by atoms with E-state index in [1.807, 2.05) is 13.8 Å². The van der Waals surface area contributed by atoms with Crippen LogP contribution in [-0.4, -0.2) is 40.5 Å². The highest BCUT2D eigenvalue weighted by Gasteiger charge is 2.47. The number of carbonyl (C=O) groups is 2. The second-order valence-electron chi connectivity index (χ2n) is 5.20. The maximum Gasteiger partial charge on any atom is 0.258 e. The minimum absolute atomic E-state index is 0.232. The molecule has 0 aromatic rings. The highest BCUT2D eigenvalue weighted by Crippen LogP contribution is 2.30. The van der Waals surface area contributed by atoms with Crippen LogP contribution in [0.1, 0.15) is 26.7 Å². The molecule has 0 spiro atoms. The van der Waals surface area contributed by atoms with E-state index < -0.39 is 17.6 Å². The molecule has 0 saturated carbocycles. The van der Waals surface area contributed by atoms with Gasteiger partial charge in [0.1, 0.15) is 12.2 Å². The lowest BCUT2D eigenvalue weighted by Crippen LogP contribution is -2.55. The quantitative estimate of drug-likeness (QED) is 0.577. The Hall–Kier alpha value is -1.01. The largest absolute Gasteiger partial charge is 0.393 e. The zero-order valence-corrected chi connectivity index (χ0v) is 10.8. The molecule has 2 fully saturated rings. The standard InChI is InChI=1S/C11H16N2O3S/c1-11(2,10(12)17)5-13-8(14)6-3-4-7(16-6)9(13)15/h6-7H,3-5H2,1-2H3,(H2,12,17). The summed E-state index contributed by atoms with van der Waals surface area (Å²) in [5, 5.41) is 0. The van der Waals surface area contributed by atoms with Crippen molar-refractivity contribution in [2.75, 3.05) is 6.54 Å². The van der Waals surface area contributed by atoms with Gasteiger partial charge in [0.15, 0.2) is 0 Å². The number of ether oxygens (including phenoxy) is 1. The second-order valence-corrected chi connectivity index (χ2v) is 5.64. The number of nitrogens with two attached hydrogens (primary N) is 1. The van der Waals surface area contributed by atoms with Crippen molar-refractivity contribution in [2.24, 2.45) is 11.1 Å². The van der Waals surface area contributed by atoms with Gasteiger partial charge in [-0.1, -0.05) is 26.1 Å². The minimum Gasteiger partial charge on any atom is -0.393 e. The van der Waals surface area contributed by atoms with Crippen molar-refractivity contribution >= 4 is 29.0 Å². The van der Waals surface area contributed by atoms with Gasteiger partial charge in [0.25, 0.3) is 11.8 Å². The Morgan fingerprint density at radius 1 is 1.41 bits per heavy atom. The van der Waals surface area contributed by atoms with Gasteiger partial charge in [-0.2, -0.15) is 0 Å². The molecule has 5 nitrogen and oxygen atoms in total. The lowest BCUT2D eigenvalue weighted by molar-refractivity contribution is -0.169. The zero-order chi connectivity index (χ0) is 12.8. The van der Waals surface area contributed by atoms with E-state index >= 15 is 0 Å². The lowest BCUT2D eigenvalue weighted by Gasteiger charge is -2.35. The van der Waals surface area contributed by atoms with Gasteiger partial charge in [0.2, 0.25) is 0 Å². The molecule has 2 unspecified atom stereocenters. The monoisotopic (exact) mass is 256 g/mol. The van der Waals surface area contributed by atoms with E-state index in [2.05, 4.69) is 0 Å². The molecule has 2 bridgehead atoms. The van der Waals surface area contributed by atoms with E-state index in [1.54, 1.807) is 0 Å². The maximum absolute atomic E-state index is 12.0. The van der Waals surface area contributed by atoms with Crippen LogP contribution in [-0.2, 0) is 14.3 Å². The van der Waals surface area contributed by atoms with Gasteiger partial charge in [0, 0.05) is 12.0 Å². The Morgan fingerprint density at radius 3 is 2.29 bits per heavy atom. The first-order valence-corrected chi connectivity index (χ1v) is 6.04. The molecule has 2 heterocycles. The van der Waals surface area contributed by atoms with E-state index in [1.165, 1.54) is 4.90 Å². The highest BCUT2D eigenvalue weighted by atomic mass is 32.1. The molecule has 2 aliphatic heterocycles. The number of hydrogen-bond acceptors (Lipinski definition) is 4. The van der Waals surface area contributed by atoms with Gasteiger partial charge in [-0.25, -0.2) is 0 Å². The molecule has 2 atom stereocenters. The number of thiocarbonyl (C=S) groups is 1. The summed E-state index contributed by atoms with van der Waals surface area (Å²) in [7, 11) is 0. The van der Waals surface area contributed by atoms with E-state index in [0.717, 1.165) is 0 Å². The number of rotatable bonds is 3. The Kier molecular flexibility index (Phi) is 2.95. The molecule has 94 valence electrons. The summed E-state index contributed by atoms with van der Waals surface area (Å²) in [6.45, 7) is 3.89. The first-order valence-electron chi connectivity index (χ1n) is 5.63. The lowest BCUT2D eigenvalue weighted by atomic mass is 9.92. The summed E-state index contributed by atoms with van der Waals surface area (Å²) in [6.07, 6.45) is 0.332. The van der Waals surface area contributed by atoms with Gasteiger partial charge in [-0.05, 0) is 12.8 Å². The average molecular weight is 256 g/mol. The number of amides is 2. The number of hydrogen-bond donors (Lipinski definition) is 1. The Labute approximate surface area is 105 Å². The number of fused-ring (bicyclic) bond motifs is 2. The van der Waals surface area contributed by atoms with Crippen LogP contribution in [0, 0.1) is 5.41 Å². The van der Waals surface area contributed by atoms with Crippen LogP contribution in [0.2, 0.25) is 0 Å². The third-order valence-corrected chi connectivity index (χ3v) is 3.88. The van der Waals surface area contributed by atoms with Crippen molar-refractivity contribution in [3.8, 4) is 0 Å². The number of imide groups is 1. The third kappa shape index (κ3) is 2.07. The molecular weight excluding hydrogens is 240 g/mol. The Bertz CT molecular complexity index is 372. The van der Waals surface area contributed by atoms with Crippen LogP contribution in [0.15, 0.2) is 0 Å². The molecule has 0 aliphatic carbocycles. The van der Waals surface area contributed by atoms with E-state index in [9.17, 15) is 9.59 Å². The van der Waals surface area contributed by atoms with Crippen LogP contribution in [0.4, 0.5) is 0 Å².